The van der Waals surface area contributed by atoms with Crippen molar-refractivity contribution in [2.24, 2.45) is 30.7 Å². The lowest BCUT2D eigenvalue weighted by Crippen LogP contribution is -2.21. The summed E-state index contributed by atoms with van der Waals surface area (Å²) in [7, 11) is 0. The average molecular weight is 802 g/mol. The van der Waals surface area contributed by atoms with Gasteiger partial charge in [-0.05, 0) is 84.6 Å². The number of azo groups is 3. The number of anilines is 2. The van der Waals surface area contributed by atoms with Crippen LogP contribution in [0.3, 0.4) is 0 Å². The van der Waals surface area contributed by atoms with Gasteiger partial charge in [-0.2, -0.15) is 15.3 Å². The topological polar surface area (TPSA) is 286 Å². The number of aryl methyl sites for hydroxylation is 1. The predicted octanol–water partition coefficient (Wildman–Crippen LogP) is 9.40. The van der Waals surface area contributed by atoms with Gasteiger partial charge in [0.05, 0.1) is 63.1 Å². The molecule has 9 N–H and O–H groups in total. The molecule has 0 saturated heterocycles. The first-order valence-corrected chi connectivity index (χ1v) is 17.6. The van der Waals surface area contributed by atoms with Crippen molar-refractivity contribution in [1.29, 1.82) is 0 Å². The summed E-state index contributed by atoms with van der Waals surface area (Å²) in [5.74, 6) is -0.219. The van der Waals surface area contributed by atoms with E-state index in [0.717, 1.165) is 5.39 Å². The summed E-state index contributed by atoms with van der Waals surface area (Å²) in [6, 6.07) is 21.5. The van der Waals surface area contributed by atoms with Crippen molar-refractivity contribution in [3.8, 4) is 11.5 Å². The van der Waals surface area contributed by atoms with Crippen molar-refractivity contribution in [2.75, 3.05) is 24.7 Å². The number of nitrogens with zero attached hydrogens (tertiary/aromatic N) is 7. The van der Waals surface area contributed by atoms with E-state index < -0.39 is 12.7 Å². The van der Waals surface area contributed by atoms with Crippen molar-refractivity contribution in [2.45, 2.75) is 22.8 Å². The summed E-state index contributed by atoms with van der Waals surface area (Å²) in [6.07, 6.45) is 0.416. The van der Waals surface area contributed by atoms with Gasteiger partial charge in [0.2, 0.25) is 0 Å². The fourth-order valence-corrected chi connectivity index (χ4v) is 6.03. The maximum absolute atomic E-state index is 11.5. The van der Waals surface area contributed by atoms with Crippen LogP contribution in [0.4, 0.5) is 45.5 Å². The van der Waals surface area contributed by atoms with Gasteiger partial charge in [0.15, 0.2) is 5.75 Å². The molecule has 0 saturated carbocycles. The molecule has 0 bridgehead atoms. The molecule has 6 rings (SSSR count). The molecule has 1 heterocycles. The van der Waals surface area contributed by atoms with Gasteiger partial charge >= 0.3 is 0 Å². The molecule has 288 valence electrons. The third kappa shape index (κ3) is 9.50. The Morgan fingerprint density at radius 3 is 2.20 bits per heavy atom. The van der Waals surface area contributed by atoms with E-state index >= 15 is 0 Å². The van der Waals surface area contributed by atoms with Crippen molar-refractivity contribution in [1.82, 2.24) is 4.98 Å². The second kappa shape index (κ2) is 18.7. The number of aliphatic hydroxyl groups is 2. The van der Waals surface area contributed by atoms with Crippen LogP contribution < -0.4 is 16.2 Å². The van der Waals surface area contributed by atoms with Crippen LogP contribution in [0.1, 0.15) is 5.56 Å². The molecule has 56 heavy (non-hydrogen) atoms. The number of rotatable bonds is 16. The number of aromatic nitrogens is 1. The zero-order chi connectivity index (χ0) is 39.6. The smallest absolute Gasteiger partial charge is 0.152 e. The minimum Gasteiger partial charge on any atom is -0.505 e. The van der Waals surface area contributed by atoms with E-state index in [1.165, 1.54) is 6.07 Å². The molecular weight excluding hydrogens is 771 g/mol. The van der Waals surface area contributed by atoms with Crippen molar-refractivity contribution < 1.29 is 49.3 Å². The number of pyridine rings is 1. The second-order valence-electron chi connectivity index (χ2n) is 11.6. The molecule has 0 spiro atoms. The Labute approximate surface area is 325 Å². The molecule has 21 heteroatoms. The summed E-state index contributed by atoms with van der Waals surface area (Å²) in [5, 5.41) is 83.4. The second-order valence-corrected chi connectivity index (χ2v) is 13.1. The van der Waals surface area contributed by atoms with Crippen LogP contribution in [0.15, 0.2) is 126 Å². The number of hydrogen-bond donors (Lipinski definition) is 7. The molecule has 1 aromatic heterocycles. The first-order valence-electron chi connectivity index (χ1n) is 16.1. The lowest BCUT2D eigenvalue weighted by molar-refractivity contribution is -0.432. The van der Waals surface area contributed by atoms with Crippen LogP contribution in [-0.4, -0.2) is 50.1 Å². The maximum atomic E-state index is 11.5. The van der Waals surface area contributed by atoms with E-state index in [2.05, 4.69) is 54.4 Å². The highest BCUT2D eigenvalue weighted by atomic mass is 32.2. The number of hydrogen-bond acceptors (Lipinski definition) is 21. The summed E-state index contributed by atoms with van der Waals surface area (Å²) in [6.45, 7) is 0.857. The lowest BCUT2D eigenvalue weighted by Gasteiger charge is -2.13. The number of phenols is 1. The van der Waals surface area contributed by atoms with E-state index in [9.17, 15) is 15.3 Å². The molecule has 0 aliphatic carbocycles. The molecule has 0 fully saturated rings. The van der Waals surface area contributed by atoms with E-state index in [-0.39, 0.29) is 34.4 Å². The highest BCUT2D eigenvalue weighted by Crippen LogP contribution is 2.46. The molecule has 5 aromatic carbocycles. The molecule has 1 unspecified atom stereocenters. The van der Waals surface area contributed by atoms with Gasteiger partial charge in [-0.1, -0.05) is 16.1 Å². The Morgan fingerprint density at radius 2 is 1.43 bits per heavy atom. The van der Waals surface area contributed by atoms with Gasteiger partial charge in [0, 0.05) is 34.4 Å². The Bertz CT molecular complexity index is 2460. The maximum Gasteiger partial charge on any atom is 0.152 e. The molecule has 6 aromatic rings. The minimum absolute atomic E-state index is 0.0715. The molecule has 0 amide bonds. The number of nitrogen functional groups attached to an aromatic ring is 2. The largest absolute Gasteiger partial charge is 0.505 e. The standard InChI is InChI=1S/C35H31N9O10S2/c1-18-11-29(30(50-17-22(46)16-45)15-28(18)42-40-21-6-7-26(37)31(14-21)55-53-51-48)43-44-34-32(56-54-52-49)12-19-4-5-20(13-24(19)35(34)47)39-41-27-9-8-25(36)23-3-2-10-38-33(23)27/h2-15,22,45-49H,16-17,36-37H2,1H3. The van der Waals surface area contributed by atoms with Crippen molar-refractivity contribution in [3.05, 3.63) is 90.6 Å². The van der Waals surface area contributed by atoms with Gasteiger partial charge in [-0.25, -0.2) is 10.5 Å². The van der Waals surface area contributed by atoms with Crippen LogP contribution >= 0.6 is 24.1 Å². The van der Waals surface area contributed by atoms with Crippen LogP contribution in [0.2, 0.25) is 0 Å². The van der Waals surface area contributed by atoms with Crippen molar-refractivity contribution >= 4 is 91.3 Å². The Balaban J connectivity index is 1.36. The monoisotopic (exact) mass is 801 g/mol. The van der Waals surface area contributed by atoms with E-state index in [4.69, 9.17) is 26.7 Å². The SMILES string of the molecule is Cc1cc(N=Nc2c(SOOO)cc3ccc(N=Nc4ccc(N)c5cccnc45)cc3c2O)c(OCC(O)CO)cc1N=Nc1ccc(N)c(SOOO)c1. The van der Waals surface area contributed by atoms with Gasteiger partial charge in [0.1, 0.15) is 35.5 Å². The van der Waals surface area contributed by atoms with Gasteiger partial charge in [-0.15, -0.1) is 24.0 Å². The number of aromatic hydroxyl groups is 1. The first kappa shape index (κ1) is 39.8. The average Bonchev–Trinajstić information content (AvgIpc) is 3.21. The Morgan fingerprint density at radius 1 is 0.732 bits per heavy atom. The number of nitrogens with two attached hydrogens (primary N) is 2. The number of ether oxygens (including phenoxy) is 1. The lowest BCUT2D eigenvalue weighted by atomic mass is 10.1. The molecule has 19 nitrogen and oxygen atoms in total. The van der Waals surface area contributed by atoms with Crippen molar-refractivity contribution in [3.63, 3.8) is 0 Å². The third-order valence-corrected chi connectivity index (χ3v) is 9.13. The summed E-state index contributed by atoms with van der Waals surface area (Å²) < 4.78 is 14.9. The van der Waals surface area contributed by atoms with Crippen LogP contribution in [-0.2, 0) is 18.7 Å². The zero-order valence-corrected chi connectivity index (χ0v) is 30.6. The molecule has 0 aliphatic heterocycles. The van der Waals surface area contributed by atoms with Gasteiger partial charge in [-0.3, -0.25) is 4.98 Å². The summed E-state index contributed by atoms with van der Waals surface area (Å²) in [4.78, 5) is 5.00. The van der Waals surface area contributed by atoms with Crippen LogP contribution in [0.25, 0.3) is 21.7 Å². The quantitative estimate of drug-likeness (QED) is 0.0158. The summed E-state index contributed by atoms with van der Waals surface area (Å²) >= 11 is 1.23. The number of benzene rings is 5. The van der Waals surface area contributed by atoms with Gasteiger partial charge in [0.25, 0.3) is 0 Å². The number of fused-ring (bicyclic) bond motifs is 2. The third-order valence-electron chi connectivity index (χ3n) is 7.85. The normalized spacial score (nSPS) is 12.5. The number of phenolic OH excluding ortho intramolecular Hbond substituents is 1. The molecule has 1 atom stereocenters. The highest BCUT2D eigenvalue weighted by molar-refractivity contribution is 7.95. The van der Waals surface area contributed by atoms with Crippen LogP contribution in [0, 0.1) is 6.92 Å². The fourth-order valence-electron chi connectivity index (χ4n) is 5.10. The molecule has 0 aliphatic rings. The first-order chi connectivity index (χ1) is 27.2. The Kier molecular flexibility index (Phi) is 13.3. The minimum atomic E-state index is -1.22. The zero-order valence-electron chi connectivity index (χ0n) is 29.0. The van der Waals surface area contributed by atoms with E-state index in [1.807, 2.05) is 6.07 Å². The van der Waals surface area contributed by atoms with Gasteiger partial charge < -0.3 is 31.5 Å². The predicted molar refractivity (Wildman–Crippen MR) is 206 cm³/mol. The molecule has 0 radical (unpaired) electrons. The summed E-state index contributed by atoms with van der Waals surface area (Å²) in [5.41, 5.74) is 15.8. The van der Waals surface area contributed by atoms with E-state index in [0.29, 0.717) is 85.0 Å². The highest BCUT2D eigenvalue weighted by Gasteiger charge is 2.18. The fraction of sp³-hybridized carbons (Fsp3) is 0.114. The van der Waals surface area contributed by atoms with E-state index in [1.54, 1.807) is 79.9 Å². The Hall–Kier alpha value is -5.85. The number of aliphatic hydroxyl groups excluding tert-OH is 2. The van der Waals surface area contributed by atoms with Crippen LogP contribution in [0.5, 0.6) is 11.5 Å². The molecular formula is C35H31N9O10S2.